The number of hydrogen-bond donors (Lipinski definition) is 3. The summed E-state index contributed by atoms with van der Waals surface area (Å²) in [4.78, 5) is 44.0. The zero-order valence-corrected chi connectivity index (χ0v) is 41.7. The molecule has 0 radical (unpaired) electrons. The largest absolute Gasteiger partial charge is 0.459 e. The van der Waals surface area contributed by atoms with Gasteiger partial charge in [-0.25, -0.2) is 9.97 Å². The Hall–Kier alpha value is -6.56. The van der Waals surface area contributed by atoms with Crippen LogP contribution in [-0.4, -0.2) is 105 Å². The molecule has 5 N–H and O–H groups in total. The molecule has 16 nitrogen and oxygen atoms in total. The Bertz CT molecular complexity index is 3090. The number of ether oxygens (including phenoxy) is 2. The van der Waals surface area contributed by atoms with E-state index >= 15 is 0 Å². The van der Waals surface area contributed by atoms with Gasteiger partial charge in [0.05, 0.1) is 30.0 Å². The van der Waals surface area contributed by atoms with E-state index in [-0.39, 0.29) is 28.8 Å². The molecule has 2 aliphatic rings. The Morgan fingerprint density at radius 3 is 1.55 bits per heavy atom. The fourth-order valence-electron chi connectivity index (χ4n) is 8.70. The Balaban J connectivity index is 0.000000162. The van der Waals surface area contributed by atoms with Crippen molar-refractivity contribution in [1.29, 1.82) is 0 Å². The number of carbonyl (C=O) groups excluding carboxylic acids is 2. The Morgan fingerprint density at radius 1 is 0.652 bits per heavy atom. The Kier molecular flexibility index (Phi) is 14.9. The van der Waals surface area contributed by atoms with Gasteiger partial charge in [-0.1, -0.05) is 52.3 Å². The van der Waals surface area contributed by atoms with E-state index in [1.54, 1.807) is 15.2 Å². The molecule has 2 saturated heterocycles. The number of likely N-dealkylation sites (tertiary alicyclic amines) is 1. The van der Waals surface area contributed by atoms with Crippen LogP contribution in [0.25, 0.3) is 55.4 Å². The topological polar surface area (TPSA) is 206 Å². The number of fused-ring (bicyclic) bond motifs is 4. The smallest absolute Gasteiger partial charge is 0.320 e. The van der Waals surface area contributed by atoms with Crippen molar-refractivity contribution in [1.82, 2.24) is 49.4 Å². The number of hydrogen-bond acceptors (Lipinski definition) is 14. The molecule has 10 rings (SSSR count). The van der Waals surface area contributed by atoms with Gasteiger partial charge < -0.3 is 26.3 Å². The molecule has 0 amide bonds. The molecule has 360 valence electrons. The molecule has 2 aliphatic heterocycles. The zero-order chi connectivity index (χ0) is 48.9. The van der Waals surface area contributed by atoms with Gasteiger partial charge in [-0.2, -0.15) is 19.2 Å². The molecule has 2 aromatic carbocycles. The minimum Gasteiger partial charge on any atom is -0.459 e. The van der Waals surface area contributed by atoms with Crippen LogP contribution in [0, 0.1) is 0 Å². The number of nitrogens with two attached hydrogens (primary N) is 2. The van der Waals surface area contributed by atoms with Gasteiger partial charge in [0.15, 0.2) is 11.3 Å². The number of rotatable bonds is 7. The summed E-state index contributed by atoms with van der Waals surface area (Å²) in [5.74, 6) is 1.52. The van der Waals surface area contributed by atoms with Crippen LogP contribution in [0.1, 0.15) is 90.4 Å². The first-order valence-electron chi connectivity index (χ1n) is 23.4. The third kappa shape index (κ3) is 12.2. The number of nitrogen functional groups attached to an aromatic ring is 2. The average Bonchev–Trinajstić information content (AvgIpc) is 3.97. The predicted octanol–water partition coefficient (Wildman–Crippen LogP) is 8.76. The van der Waals surface area contributed by atoms with Gasteiger partial charge in [-0.05, 0) is 118 Å². The van der Waals surface area contributed by atoms with Crippen molar-refractivity contribution in [3.05, 3.63) is 109 Å². The molecule has 0 aliphatic carbocycles. The number of benzene rings is 2. The Morgan fingerprint density at radius 2 is 1.10 bits per heavy atom. The fraction of sp³-hybridized carbons (Fsp3) is 0.385. The molecule has 8 heterocycles. The van der Waals surface area contributed by atoms with Gasteiger partial charge in [0.1, 0.15) is 28.2 Å². The first-order chi connectivity index (χ1) is 33.0. The number of para-hydroxylation sites is 2. The normalized spacial score (nSPS) is 15.1. The highest BCUT2D eigenvalue weighted by Gasteiger charge is 2.27. The van der Waals surface area contributed by atoms with E-state index < -0.39 is 5.60 Å². The number of anilines is 2. The van der Waals surface area contributed by atoms with Crippen LogP contribution in [0.15, 0.2) is 97.6 Å². The second-order valence-corrected chi connectivity index (χ2v) is 20.1. The van der Waals surface area contributed by atoms with Crippen LogP contribution in [0.4, 0.5) is 11.6 Å². The molecular weight excluding hydrogens is 937 g/mol. The standard InChI is InChI=1S/C26H30N6O2.C20H20N6.C6H11BrO2/c1-26(2,3)34-24(33)16-31-10-8-17(9-11-31)22-13-23(27)32-25(30-22)20(15-29-32)19-12-18-6-4-5-7-21(18)28-14-19;21-19-10-18(13-5-7-22-8-6-13)25-20-16(12-24-26(19)20)15-9-14-3-1-2-4-17(14)23-11-15;1-6(2,3)9-5(8)4-7/h4-7,12-15,17H,8-11,16,27H2,1-3H3;1-4,9-13,22H,5-8,21H2;4H2,1-3H3. The number of nitrogens with zero attached hydrogens (tertiary/aromatic N) is 9. The van der Waals surface area contributed by atoms with E-state index in [9.17, 15) is 9.59 Å². The number of carbonyl (C=O) groups is 2. The highest BCUT2D eigenvalue weighted by molar-refractivity contribution is 9.09. The van der Waals surface area contributed by atoms with Gasteiger partial charge in [-0.15, -0.1) is 0 Å². The number of halogens is 1. The van der Waals surface area contributed by atoms with E-state index in [2.05, 4.69) is 70.6 Å². The van der Waals surface area contributed by atoms with Gasteiger partial charge >= 0.3 is 11.9 Å². The number of aromatic nitrogens is 8. The quantitative estimate of drug-likeness (QED) is 0.101. The van der Waals surface area contributed by atoms with E-state index in [4.69, 9.17) is 30.9 Å². The molecule has 0 bridgehead atoms. The molecule has 0 saturated carbocycles. The van der Waals surface area contributed by atoms with Crippen molar-refractivity contribution in [2.45, 2.75) is 90.3 Å². The monoisotopic (exact) mass is 996 g/mol. The van der Waals surface area contributed by atoms with E-state index in [1.807, 2.05) is 109 Å². The molecule has 6 aromatic heterocycles. The summed E-state index contributed by atoms with van der Waals surface area (Å²) in [5.41, 5.74) is 21.2. The van der Waals surface area contributed by atoms with Gasteiger partial charge in [0.25, 0.3) is 0 Å². The van der Waals surface area contributed by atoms with Gasteiger partial charge in [-0.3, -0.25) is 24.5 Å². The summed E-state index contributed by atoms with van der Waals surface area (Å²) >= 11 is 2.99. The molecule has 17 heteroatoms. The minimum absolute atomic E-state index is 0.178. The number of piperidine rings is 2. The maximum absolute atomic E-state index is 12.2. The van der Waals surface area contributed by atoms with E-state index in [0.717, 1.165) is 119 Å². The van der Waals surface area contributed by atoms with Crippen LogP contribution in [0.5, 0.6) is 0 Å². The Labute approximate surface area is 410 Å². The summed E-state index contributed by atoms with van der Waals surface area (Å²) in [7, 11) is 0. The molecule has 0 unspecified atom stereocenters. The summed E-state index contributed by atoms with van der Waals surface area (Å²) < 4.78 is 13.8. The fourth-order valence-corrected chi connectivity index (χ4v) is 8.82. The second-order valence-electron chi connectivity index (χ2n) is 19.5. The summed E-state index contributed by atoms with van der Waals surface area (Å²) in [6.07, 6.45) is 11.4. The first-order valence-corrected chi connectivity index (χ1v) is 24.6. The predicted molar refractivity (Wildman–Crippen MR) is 275 cm³/mol. The van der Waals surface area contributed by atoms with Gasteiger partial charge in [0, 0.05) is 80.8 Å². The zero-order valence-electron chi connectivity index (χ0n) is 40.2. The van der Waals surface area contributed by atoms with Crippen molar-refractivity contribution in [2.75, 3.05) is 49.5 Å². The summed E-state index contributed by atoms with van der Waals surface area (Å²) in [6, 6.07) is 24.3. The lowest BCUT2D eigenvalue weighted by atomic mass is 9.93. The molecule has 69 heavy (non-hydrogen) atoms. The van der Waals surface area contributed by atoms with E-state index in [0.29, 0.717) is 24.1 Å². The van der Waals surface area contributed by atoms with Gasteiger partial charge in [0.2, 0.25) is 0 Å². The van der Waals surface area contributed by atoms with Crippen molar-refractivity contribution in [2.24, 2.45) is 0 Å². The third-order valence-corrected chi connectivity index (χ3v) is 12.4. The minimum atomic E-state index is -0.463. The third-order valence-electron chi connectivity index (χ3n) is 11.9. The average molecular weight is 998 g/mol. The van der Waals surface area contributed by atoms with Crippen molar-refractivity contribution in [3.63, 3.8) is 0 Å². The first kappa shape index (κ1) is 48.9. The lowest BCUT2D eigenvalue weighted by Gasteiger charge is -2.31. The van der Waals surface area contributed by atoms with Crippen molar-refractivity contribution in [3.8, 4) is 22.3 Å². The molecule has 8 aromatic rings. The van der Waals surface area contributed by atoms with E-state index in [1.165, 1.54) is 0 Å². The molecule has 2 fully saturated rings. The van der Waals surface area contributed by atoms with Crippen LogP contribution >= 0.6 is 15.9 Å². The second kappa shape index (κ2) is 21.0. The number of esters is 2. The summed E-state index contributed by atoms with van der Waals surface area (Å²) in [5, 5.41) is 14.8. The number of alkyl halides is 1. The van der Waals surface area contributed by atoms with Crippen LogP contribution in [0.3, 0.4) is 0 Å². The summed E-state index contributed by atoms with van der Waals surface area (Å²) in [6.45, 7) is 15.2. The molecule has 0 atom stereocenters. The highest BCUT2D eigenvalue weighted by Crippen LogP contribution is 2.33. The van der Waals surface area contributed by atoms with Crippen LogP contribution in [0.2, 0.25) is 0 Å². The molecule has 0 spiro atoms. The maximum atomic E-state index is 12.2. The number of nitrogens with one attached hydrogen (secondary N) is 1. The lowest BCUT2D eigenvalue weighted by Crippen LogP contribution is -2.39. The van der Waals surface area contributed by atoms with Crippen molar-refractivity contribution >= 4 is 72.6 Å². The van der Waals surface area contributed by atoms with Crippen LogP contribution in [-0.2, 0) is 19.1 Å². The lowest BCUT2D eigenvalue weighted by molar-refractivity contribution is -0.156. The molecular formula is C52H61BrN12O4. The SMILES string of the molecule is CC(C)(C)OC(=O)CBr.CC(C)(C)OC(=O)CN1CCC(c2cc(N)n3ncc(-c4cnc5ccccc5c4)c3n2)CC1.Nc1cc(C2CCNCC2)nc2c(-c3cnc4ccccc4c3)cnn12. The van der Waals surface area contributed by atoms with Crippen LogP contribution < -0.4 is 16.8 Å². The van der Waals surface area contributed by atoms with Crippen molar-refractivity contribution < 1.29 is 19.1 Å². The number of pyridine rings is 2. The highest BCUT2D eigenvalue weighted by atomic mass is 79.9. The maximum Gasteiger partial charge on any atom is 0.320 e.